The summed E-state index contributed by atoms with van der Waals surface area (Å²) in [4.78, 5) is 13.2. The molecule has 132 valence electrons. The molecule has 2 aromatic carbocycles. The third-order valence-corrected chi connectivity index (χ3v) is 4.10. The summed E-state index contributed by atoms with van der Waals surface area (Å²) in [6, 6.07) is 13.3. The first-order valence-electron chi connectivity index (χ1n) is 8.19. The first kappa shape index (κ1) is 18.9. The van der Waals surface area contributed by atoms with Gasteiger partial charge in [0.15, 0.2) is 11.5 Å². The van der Waals surface area contributed by atoms with Gasteiger partial charge in [-0.15, -0.1) is 11.8 Å². The van der Waals surface area contributed by atoms with Crippen molar-refractivity contribution in [3.63, 3.8) is 0 Å². The summed E-state index contributed by atoms with van der Waals surface area (Å²) >= 11 is 1.66. The molecule has 0 atom stereocenters. The second kappa shape index (κ2) is 9.79. The highest BCUT2D eigenvalue weighted by Crippen LogP contribution is 2.29. The van der Waals surface area contributed by atoms with Gasteiger partial charge in [-0.3, -0.25) is 4.79 Å². The molecule has 0 radical (unpaired) electrons. The van der Waals surface area contributed by atoms with Gasteiger partial charge in [-0.25, -0.2) is 0 Å². The smallest absolute Gasteiger partial charge is 0.248 e. The lowest BCUT2D eigenvalue weighted by Crippen LogP contribution is -2.07. The zero-order valence-corrected chi connectivity index (χ0v) is 15.6. The molecule has 5 heteroatoms. The number of rotatable bonds is 8. The van der Waals surface area contributed by atoms with Gasteiger partial charge < -0.3 is 14.8 Å². The van der Waals surface area contributed by atoms with Crippen LogP contribution in [-0.4, -0.2) is 25.4 Å². The monoisotopic (exact) mass is 357 g/mol. The molecule has 0 aliphatic rings. The maximum Gasteiger partial charge on any atom is 0.248 e. The van der Waals surface area contributed by atoms with Crippen LogP contribution in [0.2, 0.25) is 0 Å². The first-order valence-corrected chi connectivity index (χ1v) is 9.41. The quantitative estimate of drug-likeness (QED) is 0.541. The van der Waals surface area contributed by atoms with Crippen LogP contribution in [0.15, 0.2) is 53.4 Å². The minimum atomic E-state index is -0.177. The molecule has 2 rings (SSSR count). The van der Waals surface area contributed by atoms with Crippen molar-refractivity contribution >= 4 is 29.4 Å². The highest BCUT2D eigenvalue weighted by Gasteiger charge is 2.05. The zero-order valence-electron chi connectivity index (χ0n) is 14.7. The molecule has 0 heterocycles. The summed E-state index contributed by atoms with van der Waals surface area (Å²) in [7, 11) is 0. The Morgan fingerprint density at radius 2 is 1.72 bits per heavy atom. The average Bonchev–Trinajstić information content (AvgIpc) is 2.63. The van der Waals surface area contributed by atoms with E-state index in [-0.39, 0.29) is 5.91 Å². The van der Waals surface area contributed by atoms with E-state index in [1.54, 1.807) is 17.8 Å². The SMILES string of the molecule is CCOc1ccc(/C=C/C(=O)Nc2ccc(SC)cc2)cc1OCC. The van der Waals surface area contributed by atoms with Crippen molar-refractivity contribution in [1.82, 2.24) is 0 Å². The average molecular weight is 357 g/mol. The van der Waals surface area contributed by atoms with E-state index in [9.17, 15) is 4.79 Å². The molecule has 0 aliphatic carbocycles. The van der Waals surface area contributed by atoms with Gasteiger partial charge in [0.05, 0.1) is 13.2 Å². The van der Waals surface area contributed by atoms with Crippen molar-refractivity contribution < 1.29 is 14.3 Å². The predicted octanol–water partition coefficient (Wildman–Crippen LogP) is 4.86. The Morgan fingerprint density at radius 3 is 2.36 bits per heavy atom. The van der Waals surface area contributed by atoms with Crippen LogP contribution in [0.4, 0.5) is 5.69 Å². The molecule has 4 nitrogen and oxygen atoms in total. The number of thioether (sulfide) groups is 1. The highest BCUT2D eigenvalue weighted by molar-refractivity contribution is 7.98. The summed E-state index contributed by atoms with van der Waals surface area (Å²) in [5.41, 5.74) is 1.65. The van der Waals surface area contributed by atoms with Crippen molar-refractivity contribution in [3.05, 3.63) is 54.1 Å². The first-order chi connectivity index (χ1) is 12.2. The molecule has 0 spiro atoms. The lowest BCUT2D eigenvalue weighted by molar-refractivity contribution is -0.111. The normalized spacial score (nSPS) is 10.7. The molecule has 0 aromatic heterocycles. The summed E-state index contributed by atoms with van der Waals surface area (Å²) < 4.78 is 11.1. The van der Waals surface area contributed by atoms with Crippen LogP contribution in [-0.2, 0) is 4.79 Å². The molecule has 0 fully saturated rings. The maximum absolute atomic E-state index is 12.1. The lowest BCUT2D eigenvalue weighted by Gasteiger charge is -2.11. The summed E-state index contributed by atoms with van der Waals surface area (Å²) in [5.74, 6) is 1.21. The van der Waals surface area contributed by atoms with Crippen molar-refractivity contribution in [2.24, 2.45) is 0 Å². The fourth-order valence-corrected chi connectivity index (χ4v) is 2.61. The van der Waals surface area contributed by atoms with Gasteiger partial charge in [-0.1, -0.05) is 6.07 Å². The van der Waals surface area contributed by atoms with Gasteiger partial charge in [0.2, 0.25) is 5.91 Å². The molecule has 0 aliphatic heterocycles. The lowest BCUT2D eigenvalue weighted by atomic mass is 10.2. The fourth-order valence-electron chi connectivity index (χ4n) is 2.20. The van der Waals surface area contributed by atoms with E-state index >= 15 is 0 Å². The number of hydrogen-bond donors (Lipinski definition) is 1. The summed E-state index contributed by atoms with van der Waals surface area (Å²) in [6.07, 6.45) is 5.28. The Balaban J connectivity index is 2.04. The van der Waals surface area contributed by atoms with Crippen molar-refractivity contribution in [2.75, 3.05) is 24.8 Å². The van der Waals surface area contributed by atoms with Gasteiger partial charge in [-0.05, 0) is 68.1 Å². The predicted molar refractivity (Wildman–Crippen MR) is 105 cm³/mol. The number of ether oxygens (including phenoxy) is 2. The number of nitrogens with one attached hydrogen (secondary N) is 1. The van der Waals surface area contributed by atoms with Gasteiger partial charge >= 0.3 is 0 Å². The van der Waals surface area contributed by atoms with E-state index in [0.29, 0.717) is 24.7 Å². The molecule has 0 unspecified atom stereocenters. The second-order valence-electron chi connectivity index (χ2n) is 5.12. The molecule has 25 heavy (non-hydrogen) atoms. The van der Waals surface area contributed by atoms with Crippen LogP contribution < -0.4 is 14.8 Å². The molecule has 0 saturated heterocycles. The zero-order chi connectivity index (χ0) is 18.1. The van der Waals surface area contributed by atoms with Gasteiger partial charge in [-0.2, -0.15) is 0 Å². The Labute approximate surface area is 153 Å². The third-order valence-electron chi connectivity index (χ3n) is 3.35. The number of hydrogen-bond acceptors (Lipinski definition) is 4. The summed E-state index contributed by atoms with van der Waals surface area (Å²) in [6.45, 7) is 4.99. The highest BCUT2D eigenvalue weighted by atomic mass is 32.2. The van der Waals surface area contributed by atoms with Gasteiger partial charge in [0, 0.05) is 16.7 Å². The number of carbonyl (C=O) groups is 1. The minimum absolute atomic E-state index is 0.177. The Kier molecular flexibility index (Phi) is 7.41. The van der Waals surface area contributed by atoms with Gasteiger partial charge in [0.25, 0.3) is 0 Å². The Bertz CT molecular complexity index is 726. The van der Waals surface area contributed by atoms with Crippen LogP contribution in [0, 0.1) is 0 Å². The topological polar surface area (TPSA) is 47.6 Å². The number of anilines is 1. The van der Waals surface area contributed by atoms with E-state index < -0.39 is 0 Å². The molecule has 1 N–H and O–H groups in total. The largest absolute Gasteiger partial charge is 0.490 e. The van der Waals surface area contributed by atoms with Crippen molar-refractivity contribution in [2.45, 2.75) is 18.7 Å². The molecule has 0 bridgehead atoms. The van der Waals surface area contributed by atoms with Crippen molar-refractivity contribution in [1.29, 1.82) is 0 Å². The summed E-state index contributed by atoms with van der Waals surface area (Å²) in [5, 5.41) is 2.84. The minimum Gasteiger partial charge on any atom is -0.490 e. The van der Waals surface area contributed by atoms with Crippen LogP contribution in [0.25, 0.3) is 6.08 Å². The third kappa shape index (κ3) is 5.87. The fraction of sp³-hybridized carbons (Fsp3) is 0.250. The van der Waals surface area contributed by atoms with Crippen LogP contribution in [0.3, 0.4) is 0 Å². The number of benzene rings is 2. The number of amides is 1. The van der Waals surface area contributed by atoms with E-state index in [1.165, 1.54) is 6.08 Å². The van der Waals surface area contributed by atoms with Gasteiger partial charge in [0.1, 0.15) is 0 Å². The van der Waals surface area contributed by atoms with Crippen LogP contribution >= 0.6 is 11.8 Å². The van der Waals surface area contributed by atoms with Crippen LogP contribution in [0.1, 0.15) is 19.4 Å². The number of carbonyl (C=O) groups excluding carboxylic acids is 1. The molecule has 2 aromatic rings. The molecule has 1 amide bonds. The van der Waals surface area contributed by atoms with E-state index in [0.717, 1.165) is 16.1 Å². The molecule has 0 saturated carbocycles. The standard InChI is InChI=1S/C20H23NO3S/c1-4-23-18-12-6-15(14-19(18)24-5-2)7-13-20(22)21-16-8-10-17(25-3)11-9-16/h6-14H,4-5H2,1-3H3,(H,21,22)/b13-7+. The Hall–Kier alpha value is -2.40. The van der Waals surface area contributed by atoms with E-state index in [1.807, 2.05) is 62.6 Å². The molecular weight excluding hydrogens is 334 g/mol. The Morgan fingerprint density at radius 1 is 1.04 bits per heavy atom. The van der Waals surface area contributed by atoms with E-state index in [2.05, 4.69) is 5.32 Å². The van der Waals surface area contributed by atoms with Crippen LogP contribution in [0.5, 0.6) is 11.5 Å². The second-order valence-corrected chi connectivity index (χ2v) is 6.00. The van der Waals surface area contributed by atoms with E-state index in [4.69, 9.17) is 9.47 Å². The maximum atomic E-state index is 12.1. The molecular formula is C20H23NO3S. The van der Waals surface area contributed by atoms with Crippen molar-refractivity contribution in [3.8, 4) is 11.5 Å².